The molecule has 25 heavy (non-hydrogen) atoms. The highest BCUT2D eigenvalue weighted by Gasteiger charge is 2.46. The van der Waals surface area contributed by atoms with Gasteiger partial charge in [0.2, 0.25) is 0 Å². The minimum absolute atomic E-state index is 0.161. The summed E-state index contributed by atoms with van der Waals surface area (Å²) < 4.78 is 28.5. The molecule has 0 amide bonds. The lowest BCUT2D eigenvalue weighted by molar-refractivity contribution is -0.0746. The molecule has 0 radical (unpaired) electrons. The SMILES string of the molecule is CCC1[C@@H](OC(C)C)[C@@H](COP(=O)(O)O)O[C@H]1n1ccc(=O)[nH]c1=O. The molecule has 1 saturated heterocycles. The van der Waals surface area contributed by atoms with Crippen LogP contribution in [-0.4, -0.2) is 44.3 Å². The third-order valence-electron chi connectivity index (χ3n) is 3.90. The van der Waals surface area contributed by atoms with Crippen LogP contribution in [0.25, 0.3) is 0 Å². The minimum atomic E-state index is -4.67. The fraction of sp³-hybridized carbons (Fsp3) is 0.714. The van der Waals surface area contributed by atoms with Crippen LogP contribution in [0.1, 0.15) is 33.4 Å². The summed E-state index contributed by atoms with van der Waals surface area (Å²) in [6.07, 6.45) is -0.299. The fourth-order valence-corrected chi connectivity index (χ4v) is 3.28. The number of aromatic amines is 1. The van der Waals surface area contributed by atoms with Crippen molar-refractivity contribution in [2.45, 2.75) is 51.7 Å². The van der Waals surface area contributed by atoms with Crippen LogP contribution in [0.3, 0.4) is 0 Å². The number of hydrogen-bond acceptors (Lipinski definition) is 6. The van der Waals surface area contributed by atoms with Crippen LogP contribution >= 0.6 is 7.82 Å². The van der Waals surface area contributed by atoms with Crippen LogP contribution in [0, 0.1) is 5.92 Å². The van der Waals surface area contributed by atoms with E-state index in [0.29, 0.717) is 6.42 Å². The van der Waals surface area contributed by atoms with Gasteiger partial charge in [-0.3, -0.25) is 18.9 Å². The average molecular weight is 378 g/mol. The molecule has 1 fully saturated rings. The zero-order chi connectivity index (χ0) is 18.8. The topological polar surface area (TPSA) is 140 Å². The smallest absolute Gasteiger partial charge is 0.372 e. The lowest BCUT2D eigenvalue weighted by Crippen LogP contribution is -2.36. The summed E-state index contributed by atoms with van der Waals surface area (Å²) in [4.78, 5) is 43.3. The zero-order valence-electron chi connectivity index (χ0n) is 14.2. The number of ether oxygens (including phenoxy) is 2. The van der Waals surface area contributed by atoms with Crippen molar-refractivity contribution in [2.75, 3.05) is 6.61 Å². The van der Waals surface area contributed by atoms with E-state index in [1.807, 2.05) is 20.8 Å². The van der Waals surface area contributed by atoms with Crippen molar-refractivity contribution in [3.05, 3.63) is 33.1 Å². The second-order valence-electron chi connectivity index (χ2n) is 6.09. The van der Waals surface area contributed by atoms with Crippen molar-refractivity contribution in [2.24, 2.45) is 5.92 Å². The minimum Gasteiger partial charge on any atom is -0.372 e. The van der Waals surface area contributed by atoms with Crippen molar-refractivity contribution < 1.29 is 28.3 Å². The van der Waals surface area contributed by atoms with E-state index in [0.717, 1.165) is 0 Å². The van der Waals surface area contributed by atoms with Crippen LogP contribution < -0.4 is 11.2 Å². The van der Waals surface area contributed by atoms with E-state index in [1.165, 1.54) is 16.8 Å². The second kappa shape index (κ2) is 7.94. The predicted octanol–water partition coefficient (Wildman–Crippen LogP) is 0.363. The lowest BCUT2D eigenvalue weighted by atomic mass is 9.96. The maximum absolute atomic E-state index is 12.1. The first kappa shape index (κ1) is 20.0. The highest BCUT2D eigenvalue weighted by Crippen LogP contribution is 2.42. The third-order valence-corrected chi connectivity index (χ3v) is 4.39. The summed E-state index contributed by atoms with van der Waals surface area (Å²) in [7, 11) is -4.67. The summed E-state index contributed by atoms with van der Waals surface area (Å²) in [6.45, 7) is 5.16. The number of rotatable bonds is 7. The highest BCUT2D eigenvalue weighted by molar-refractivity contribution is 7.46. The zero-order valence-corrected chi connectivity index (χ0v) is 15.1. The van der Waals surface area contributed by atoms with Gasteiger partial charge in [0.25, 0.3) is 5.56 Å². The number of hydrogen-bond donors (Lipinski definition) is 3. The van der Waals surface area contributed by atoms with E-state index in [4.69, 9.17) is 19.3 Å². The molecule has 1 unspecified atom stereocenters. The molecule has 2 heterocycles. The Morgan fingerprint density at radius 3 is 2.60 bits per heavy atom. The molecule has 1 aromatic heterocycles. The van der Waals surface area contributed by atoms with Gasteiger partial charge in [-0.25, -0.2) is 9.36 Å². The number of nitrogens with one attached hydrogen (secondary N) is 1. The lowest BCUT2D eigenvalue weighted by Gasteiger charge is -2.25. The van der Waals surface area contributed by atoms with E-state index in [9.17, 15) is 14.2 Å². The first-order valence-corrected chi connectivity index (χ1v) is 9.48. The number of phosphoric ester groups is 1. The maximum atomic E-state index is 12.1. The quantitative estimate of drug-likeness (QED) is 0.578. The van der Waals surface area contributed by atoms with E-state index >= 15 is 0 Å². The fourth-order valence-electron chi connectivity index (χ4n) is 2.94. The van der Waals surface area contributed by atoms with Crippen LogP contribution in [-0.2, 0) is 18.6 Å². The molecule has 4 atom stereocenters. The van der Waals surface area contributed by atoms with E-state index in [2.05, 4.69) is 9.51 Å². The summed E-state index contributed by atoms with van der Waals surface area (Å²) >= 11 is 0. The van der Waals surface area contributed by atoms with Gasteiger partial charge in [0.05, 0.1) is 18.8 Å². The number of aromatic nitrogens is 2. The average Bonchev–Trinajstić information content (AvgIpc) is 2.81. The van der Waals surface area contributed by atoms with Gasteiger partial charge in [0.15, 0.2) is 0 Å². The van der Waals surface area contributed by atoms with Gasteiger partial charge in [-0.2, -0.15) is 0 Å². The molecule has 0 aliphatic carbocycles. The molecular weight excluding hydrogens is 355 g/mol. The van der Waals surface area contributed by atoms with E-state index in [-0.39, 0.29) is 18.6 Å². The van der Waals surface area contributed by atoms with Gasteiger partial charge >= 0.3 is 13.5 Å². The summed E-state index contributed by atoms with van der Waals surface area (Å²) in [5.41, 5.74) is -1.15. The van der Waals surface area contributed by atoms with Crippen molar-refractivity contribution in [3.63, 3.8) is 0 Å². The van der Waals surface area contributed by atoms with Gasteiger partial charge in [-0.05, 0) is 20.3 Å². The molecule has 1 aromatic rings. The van der Waals surface area contributed by atoms with E-state index < -0.39 is 37.5 Å². The first-order chi connectivity index (χ1) is 11.6. The molecule has 0 bridgehead atoms. The van der Waals surface area contributed by atoms with Crippen molar-refractivity contribution in [1.82, 2.24) is 9.55 Å². The Hall–Kier alpha value is -1.29. The van der Waals surface area contributed by atoms with Crippen molar-refractivity contribution in [1.29, 1.82) is 0 Å². The molecule has 0 saturated carbocycles. The Balaban J connectivity index is 2.32. The Kier molecular flexibility index (Phi) is 6.36. The van der Waals surface area contributed by atoms with Crippen LogP contribution in [0.5, 0.6) is 0 Å². The molecule has 3 N–H and O–H groups in total. The molecule has 0 aromatic carbocycles. The van der Waals surface area contributed by atoms with E-state index in [1.54, 1.807) is 0 Å². The molecular formula is C14H23N2O8P. The second-order valence-corrected chi connectivity index (χ2v) is 7.33. The van der Waals surface area contributed by atoms with Crippen LogP contribution in [0.2, 0.25) is 0 Å². The Morgan fingerprint density at radius 1 is 1.40 bits per heavy atom. The van der Waals surface area contributed by atoms with Gasteiger partial charge in [0, 0.05) is 18.2 Å². The standard InChI is InChI=1S/C14H23N2O8P/c1-4-9-12(23-8(2)3)10(7-22-25(19,20)21)24-13(9)16-6-5-11(17)15-14(16)18/h5-6,8-10,12-13H,4,7H2,1-3H3,(H,15,17,18)(H2,19,20,21)/t9?,10-,12-,13-/m1/s1. The van der Waals surface area contributed by atoms with Gasteiger partial charge in [-0.1, -0.05) is 6.92 Å². The first-order valence-electron chi connectivity index (χ1n) is 7.95. The molecule has 1 aliphatic heterocycles. The predicted molar refractivity (Wildman–Crippen MR) is 87.0 cm³/mol. The van der Waals surface area contributed by atoms with Gasteiger partial charge in [-0.15, -0.1) is 0 Å². The maximum Gasteiger partial charge on any atom is 0.469 e. The molecule has 1 aliphatic rings. The molecule has 0 spiro atoms. The summed E-state index contributed by atoms with van der Waals surface area (Å²) in [6, 6.07) is 1.20. The molecule has 2 rings (SSSR count). The number of nitrogens with zero attached hydrogens (tertiary/aromatic N) is 1. The normalized spacial score (nSPS) is 27.1. The van der Waals surface area contributed by atoms with Gasteiger partial charge < -0.3 is 19.3 Å². The summed E-state index contributed by atoms with van der Waals surface area (Å²) in [5.74, 6) is -0.267. The number of H-pyrrole nitrogens is 1. The van der Waals surface area contributed by atoms with Crippen LogP contribution in [0.15, 0.2) is 21.9 Å². The Bertz CT molecular complexity index is 739. The Labute approximate surface area is 144 Å². The Morgan fingerprint density at radius 2 is 2.08 bits per heavy atom. The number of phosphoric acid groups is 1. The van der Waals surface area contributed by atoms with Crippen molar-refractivity contribution >= 4 is 7.82 Å². The highest BCUT2D eigenvalue weighted by atomic mass is 31.2. The van der Waals surface area contributed by atoms with Crippen LogP contribution in [0.4, 0.5) is 0 Å². The molecule has 11 heteroatoms. The monoisotopic (exact) mass is 378 g/mol. The largest absolute Gasteiger partial charge is 0.469 e. The molecule has 10 nitrogen and oxygen atoms in total. The molecule has 142 valence electrons. The van der Waals surface area contributed by atoms with Gasteiger partial charge in [0.1, 0.15) is 12.3 Å². The van der Waals surface area contributed by atoms with Crippen molar-refractivity contribution in [3.8, 4) is 0 Å². The third kappa shape index (κ3) is 5.10. The summed E-state index contributed by atoms with van der Waals surface area (Å²) in [5, 5.41) is 0.